The monoisotopic (exact) mass is 356 g/mol. The SMILES string of the molecule is O=C(Nc1ccc(Cl)c([N+](=O)[O-])c1)c1ccc(Cn2cccn2)cc1. The maximum atomic E-state index is 12.3. The fourth-order valence-electron chi connectivity index (χ4n) is 2.28. The summed E-state index contributed by atoms with van der Waals surface area (Å²) in [7, 11) is 0. The predicted octanol–water partition coefficient (Wildman–Crippen LogP) is 3.75. The Labute approximate surface area is 148 Å². The molecule has 0 fully saturated rings. The molecule has 0 bridgehead atoms. The third-order valence-electron chi connectivity index (χ3n) is 3.52. The van der Waals surface area contributed by atoms with Crippen molar-refractivity contribution >= 4 is 28.9 Å². The molecule has 1 amide bonds. The summed E-state index contributed by atoms with van der Waals surface area (Å²) in [6.45, 7) is 0.609. The number of nitrogens with one attached hydrogen (secondary N) is 1. The van der Waals surface area contributed by atoms with Crippen LogP contribution in [0.1, 0.15) is 15.9 Å². The Morgan fingerprint density at radius 1 is 1.24 bits per heavy atom. The zero-order chi connectivity index (χ0) is 17.8. The molecule has 25 heavy (non-hydrogen) atoms. The minimum Gasteiger partial charge on any atom is -0.322 e. The van der Waals surface area contributed by atoms with Gasteiger partial charge in [-0.2, -0.15) is 5.10 Å². The molecule has 0 unspecified atom stereocenters. The number of hydrogen-bond acceptors (Lipinski definition) is 4. The van der Waals surface area contributed by atoms with Gasteiger partial charge in [0.1, 0.15) is 5.02 Å². The number of benzene rings is 2. The molecule has 3 aromatic rings. The molecule has 1 aromatic heterocycles. The molecular formula is C17H13ClN4O3. The van der Waals surface area contributed by atoms with E-state index < -0.39 is 4.92 Å². The molecule has 8 heteroatoms. The van der Waals surface area contributed by atoms with Gasteiger partial charge < -0.3 is 5.32 Å². The van der Waals surface area contributed by atoms with Crippen molar-refractivity contribution in [2.24, 2.45) is 0 Å². The lowest BCUT2D eigenvalue weighted by atomic mass is 10.1. The molecule has 0 saturated heterocycles. The summed E-state index contributed by atoms with van der Waals surface area (Å²) in [5, 5.41) is 17.7. The van der Waals surface area contributed by atoms with Crippen molar-refractivity contribution in [3.63, 3.8) is 0 Å². The lowest BCUT2D eigenvalue weighted by molar-refractivity contribution is -0.384. The first-order valence-corrected chi connectivity index (χ1v) is 7.72. The van der Waals surface area contributed by atoms with Crippen LogP contribution in [0.4, 0.5) is 11.4 Å². The van der Waals surface area contributed by atoms with E-state index in [0.717, 1.165) is 5.56 Å². The van der Waals surface area contributed by atoms with Gasteiger partial charge in [0.25, 0.3) is 11.6 Å². The molecule has 1 heterocycles. The predicted molar refractivity (Wildman–Crippen MR) is 93.8 cm³/mol. The fourth-order valence-corrected chi connectivity index (χ4v) is 2.46. The third-order valence-corrected chi connectivity index (χ3v) is 3.84. The number of halogens is 1. The van der Waals surface area contributed by atoms with Gasteiger partial charge >= 0.3 is 0 Å². The molecule has 0 saturated carbocycles. The van der Waals surface area contributed by atoms with Crippen LogP contribution in [0, 0.1) is 10.1 Å². The first-order valence-electron chi connectivity index (χ1n) is 7.34. The number of nitro benzene ring substituents is 1. The normalized spacial score (nSPS) is 10.4. The molecular weight excluding hydrogens is 344 g/mol. The lowest BCUT2D eigenvalue weighted by Crippen LogP contribution is -2.12. The fraction of sp³-hybridized carbons (Fsp3) is 0.0588. The first kappa shape index (κ1) is 16.7. The van der Waals surface area contributed by atoms with E-state index in [1.54, 1.807) is 23.0 Å². The van der Waals surface area contributed by atoms with Crippen molar-refractivity contribution in [3.05, 3.63) is 87.2 Å². The van der Waals surface area contributed by atoms with Crippen LogP contribution in [-0.2, 0) is 6.54 Å². The molecule has 1 N–H and O–H groups in total. The van der Waals surface area contributed by atoms with Crippen molar-refractivity contribution in [2.45, 2.75) is 6.54 Å². The Bertz CT molecular complexity index is 908. The molecule has 0 spiro atoms. The lowest BCUT2D eigenvalue weighted by Gasteiger charge is -2.07. The number of anilines is 1. The van der Waals surface area contributed by atoms with E-state index in [1.807, 2.05) is 24.4 Å². The van der Waals surface area contributed by atoms with E-state index in [-0.39, 0.29) is 16.6 Å². The van der Waals surface area contributed by atoms with Gasteiger partial charge in [-0.05, 0) is 35.9 Å². The van der Waals surface area contributed by atoms with E-state index >= 15 is 0 Å². The number of amides is 1. The Morgan fingerprint density at radius 3 is 2.64 bits per heavy atom. The number of rotatable bonds is 5. The first-order chi connectivity index (χ1) is 12.0. The van der Waals surface area contributed by atoms with E-state index in [4.69, 9.17) is 11.6 Å². The molecule has 0 atom stereocenters. The van der Waals surface area contributed by atoms with Gasteiger partial charge in [0, 0.05) is 29.7 Å². The number of hydrogen-bond donors (Lipinski definition) is 1. The van der Waals surface area contributed by atoms with Crippen LogP contribution in [0.5, 0.6) is 0 Å². The average Bonchev–Trinajstić information content (AvgIpc) is 3.10. The summed E-state index contributed by atoms with van der Waals surface area (Å²) in [5.41, 5.74) is 1.50. The summed E-state index contributed by atoms with van der Waals surface area (Å²) in [4.78, 5) is 22.6. The van der Waals surface area contributed by atoms with Crippen LogP contribution in [0.25, 0.3) is 0 Å². The van der Waals surface area contributed by atoms with Gasteiger partial charge in [-0.1, -0.05) is 23.7 Å². The Balaban J connectivity index is 1.71. The quantitative estimate of drug-likeness (QED) is 0.557. The number of nitro groups is 1. The molecule has 126 valence electrons. The molecule has 0 aliphatic carbocycles. The van der Waals surface area contributed by atoms with Crippen LogP contribution in [0.15, 0.2) is 60.9 Å². The van der Waals surface area contributed by atoms with Gasteiger partial charge in [-0.15, -0.1) is 0 Å². The highest BCUT2D eigenvalue weighted by atomic mass is 35.5. The highest BCUT2D eigenvalue weighted by Crippen LogP contribution is 2.27. The maximum Gasteiger partial charge on any atom is 0.289 e. The molecule has 2 aromatic carbocycles. The van der Waals surface area contributed by atoms with Crippen molar-refractivity contribution < 1.29 is 9.72 Å². The third kappa shape index (κ3) is 4.02. The van der Waals surface area contributed by atoms with Gasteiger partial charge in [-0.25, -0.2) is 0 Å². The number of nitrogens with zero attached hydrogens (tertiary/aromatic N) is 3. The summed E-state index contributed by atoms with van der Waals surface area (Å²) in [5.74, 6) is -0.359. The smallest absolute Gasteiger partial charge is 0.289 e. The minimum absolute atomic E-state index is 0.0194. The Hall–Kier alpha value is -3.19. The van der Waals surface area contributed by atoms with Crippen LogP contribution in [0.2, 0.25) is 5.02 Å². The average molecular weight is 357 g/mol. The second-order valence-electron chi connectivity index (χ2n) is 5.28. The van der Waals surface area contributed by atoms with E-state index in [2.05, 4.69) is 10.4 Å². The Kier molecular flexibility index (Phi) is 4.76. The second kappa shape index (κ2) is 7.14. The van der Waals surface area contributed by atoms with Crippen molar-refractivity contribution in [2.75, 3.05) is 5.32 Å². The topological polar surface area (TPSA) is 90.1 Å². The number of carbonyl (C=O) groups excluding carboxylic acids is 1. The van der Waals surface area contributed by atoms with Crippen molar-refractivity contribution in [1.29, 1.82) is 0 Å². The molecule has 3 rings (SSSR count). The van der Waals surface area contributed by atoms with Crippen LogP contribution >= 0.6 is 11.6 Å². The number of carbonyl (C=O) groups is 1. The zero-order valence-corrected chi connectivity index (χ0v) is 13.7. The van der Waals surface area contributed by atoms with Gasteiger partial charge in [0.2, 0.25) is 0 Å². The summed E-state index contributed by atoms with van der Waals surface area (Å²) in [6, 6.07) is 13.0. The largest absolute Gasteiger partial charge is 0.322 e. The van der Waals surface area contributed by atoms with Crippen LogP contribution < -0.4 is 5.32 Å². The Morgan fingerprint density at radius 2 is 2.00 bits per heavy atom. The number of aromatic nitrogens is 2. The zero-order valence-electron chi connectivity index (χ0n) is 12.9. The van der Waals surface area contributed by atoms with Crippen molar-refractivity contribution in [1.82, 2.24) is 9.78 Å². The summed E-state index contributed by atoms with van der Waals surface area (Å²) < 4.78 is 1.78. The maximum absolute atomic E-state index is 12.3. The van der Waals surface area contributed by atoms with Crippen LogP contribution in [0.3, 0.4) is 0 Å². The van der Waals surface area contributed by atoms with E-state index in [9.17, 15) is 14.9 Å². The van der Waals surface area contributed by atoms with Crippen LogP contribution in [-0.4, -0.2) is 20.6 Å². The molecule has 0 aliphatic rings. The standard InChI is InChI=1S/C17H13ClN4O3/c18-15-7-6-14(10-16(15)22(24)25)20-17(23)13-4-2-12(3-5-13)11-21-9-1-8-19-21/h1-10H,11H2,(H,20,23). The van der Waals surface area contributed by atoms with Crippen molar-refractivity contribution in [3.8, 4) is 0 Å². The molecule has 0 radical (unpaired) electrons. The second-order valence-corrected chi connectivity index (χ2v) is 5.69. The van der Waals surface area contributed by atoms with Gasteiger partial charge in [-0.3, -0.25) is 19.6 Å². The summed E-state index contributed by atoms with van der Waals surface area (Å²) >= 11 is 5.76. The molecule has 0 aliphatic heterocycles. The summed E-state index contributed by atoms with van der Waals surface area (Å²) in [6.07, 6.45) is 3.56. The van der Waals surface area contributed by atoms with E-state index in [1.165, 1.54) is 18.2 Å². The van der Waals surface area contributed by atoms with Gasteiger partial charge in [0.05, 0.1) is 11.5 Å². The minimum atomic E-state index is -0.595. The molecule has 7 nitrogen and oxygen atoms in total. The highest BCUT2D eigenvalue weighted by Gasteiger charge is 2.14. The van der Waals surface area contributed by atoms with Gasteiger partial charge in [0.15, 0.2) is 0 Å². The highest BCUT2D eigenvalue weighted by molar-refractivity contribution is 6.32. The van der Waals surface area contributed by atoms with E-state index in [0.29, 0.717) is 17.8 Å².